The highest BCUT2D eigenvalue weighted by Crippen LogP contribution is 2.29. The predicted octanol–water partition coefficient (Wildman–Crippen LogP) is 3.82. The van der Waals surface area contributed by atoms with E-state index in [-0.39, 0.29) is 11.3 Å². The second kappa shape index (κ2) is 6.32. The van der Waals surface area contributed by atoms with Gasteiger partial charge in [0.2, 0.25) is 5.82 Å². The van der Waals surface area contributed by atoms with Crippen molar-refractivity contribution in [2.75, 3.05) is 13.7 Å². The highest BCUT2D eigenvalue weighted by molar-refractivity contribution is 5.61. The number of pyridine rings is 1. The van der Waals surface area contributed by atoms with Crippen molar-refractivity contribution in [3.8, 4) is 22.8 Å². The molecule has 0 N–H and O–H groups in total. The van der Waals surface area contributed by atoms with Crippen LogP contribution in [0.25, 0.3) is 11.3 Å². The van der Waals surface area contributed by atoms with Crippen molar-refractivity contribution in [2.45, 2.75) is 13.3 Å². The van der Waals surface area contributed by atoms with E-state index in [2.05, 4.69) is 4.98 Å². The summed E-state index contributed by atoms with van der Waals surface area (Å²) in [5.74, 6) is -1.52. The highest BCUT2D eigenvalue weighted by atomic mass is 19.2. The first-order valence-electron chi connectivity index (χ1n) is 6.28. The molecule has 106 valence electrons. The number of methoxy groups -OCH3 is 1. The van der Waals surface area contributed by atoms with Crippen molar-refractivity contribution in [2.24, 2.45) is 0 Å². The minimum atomic E-state index is -1.02. The summed E-state index contributed by atoms with van der Waals surface area (Å²) in [6.45, 7) is 2.59. The van der Waals surface area contributed by atoms with Crippen LogP contribution in [0, 0.1) is 11.6 Å². The molecule has 0 fully saturated rings. The molecule has 2 rings (SSSR count). The van der Waals surface area contributed by atoms with E-state index in [1.54, 1.807) is 12.1 Å². The number of halogens is 2. The number of nitrogens with zero attached hydrogens (tertiary/aromatic N) is 1. The van der Waals surface area contributed by atoms with Gasteiger partial charge in [-0.15, -0.1) is 0 Å². The molecule has 5 heteroatoms. The predicted molar refractivity (Wildman–Crippen MR) is 71.9 cm³/mol. The third-order valence-corrected chi connectivity index (χ3v) is 2.75. The summed E-state index contributed by atoms with van der Waals surface area (Å²) in [6.07, 6.45) is 2.38. The first-order chi connectivity index (χ1) is 9.67. The van der Waals surface area contributed by atoms with E-state index in [4.69, 9.17) is 9.47 Å². The summed E-state index contributed by atoms with van der Waals surface area (Å²) in [5.41, 5.74) is 0.429. The van der Waals surface area contributed by atoms with E-state index in [1.807, 2.05) is 6.92 Å². The van der Waals surface area contributed by atoms with E-state index in [9.17, 15) is 8.78 Å². The van der Waals surface area contributed by atoms with Crippen LogP contribution in [0.1, 0.15) is 13.3 Å². The molecule has 0 atom stereocenters. The zero-order valence-electron chi connectivity index (χ0n) is 11.3. The molecule has 1 aromatic heterocycles. The van der Waals surface area contributed by atoms with Gasteiger partial charge in [-0.3, -0.25) is 4.98 Å². The molecule has 0 unspecified atom stereocenters. The second-order valence-electron chi connectivity index (χ2n) is 4.17. The standard InChI is InChI=1S/C15H15F2NO2/c1-3-8-20-10-4-6-12(18-9-10)11-5-7-13(19-2)15(17)14(11)16/h4-7,9H,3,8H2,1-2H3. The van der Waals surface area contributed by atoms with E-state index in [1.165, 1.54) is 25.4 Å². The largest absolute Gasteiger partial charge is 0.494 e. The highest BCUT2D eigenvalue weighted by Gasteiger charge is 2.15. The van der Waals surface area contributed by atoms with Gasteiger partial charge in [0.25, 0.3) is 0 Å². The minimum Gasteiger partial charge on any atom is -0.494 e. The zero-order chi connectivity index (χ0) is 14.5. The summed E-state index contributed by atoms with van der Waals surface area (Å²) in [6, 6.07) is 6.08. The van der Waals surface area contributed by atoms with Crippen LogP contribution in [0.5, 0.6) is 11.5 Å². The third kappa shape index (κ3) is 2.87. The molecule has 0 saturated heterocycles. The molecule has 1 aromatic carbocycles. The Morgan fingerprint density at radius 1 is 1.10 bits per heavy atom. The van der Waals surface area contributed by atoms with Crippen molar-refractivity contribution >= 4 is 0 Å². The zero-order valence-corrected chi connectivity index (χ0v) is 11.3. The molecule has 0 bridgehead atoms. The fourth-order valence-electron chi connectivity index (χ4n) is 1.73. The first-order valence-corrected chi connectivity index (χ1v) is 6.28. The van der Waals surface area contributed by atoms with Gasteiger partial charge in [0.1, 0.15) is 5.75 Å². The van der Waals surface area contributed by atoms with Crippen molar-refractivity contribution in [3.05, 3.63) is 42.1 Å². The topological polar surface area (TPSA) is 31.4 Å². The first kappa shape index (κ1) is 14.2. The number of ether oxygens (including phenoxy) is 2. The molecule has 0 amide bonds. The smallest absolute Gasteiger partial charge is 0.201 e. The fourth-order valence-corrected chi connectivity index (χ4v) is 1.73. The van der Waals surface area contributed by atoms with Crippen LogP contribution >= 0.6 is 0 Å². The van der Waals surface area contributed by atoms with Gasteiger partial charge >= 0.3 is 0 Å². The SMILES string of the molecule is CCCOc1ccc(-c2ccc(OC)c(F)c2F)nc1. The van der Waals surface area contributed by atoms with Crippen LogP contribution in [-0.2, 0) is 0 Å². The molecule has 0 aliphatic heterocycles. The van der Waals surface area contributed by atoms with Gasteiger partial charge in [0.05, 0.1) is 25.6 Å². The van der Waals surface area contributed by atoms with E-state index in [0.717, 1.165) is 6.42 Å². The Morgan fingerprint density at radius 2 is 1.90 bits per heavy atom. The molecule has 0 radical (unpaired) electrons. The maximum absolute atomic E-state index is 13.9. The van der Waals surface area contributed by atoms with E-state index < -0.39 is 11.6 Å². The van der Waals surface area contributed by atoms with Gasteiger partial charge in [-0.25, -0.2) is 4.39 Å². The summed E-state index contributed by atoms with van der Waals surface area (Å²) < 4.78 is 37.7. The summed E-state index contributed by atoms with van der Waals surface area (Å²) >= 11 is 0. The summed E-state index contributed by atoms with van der Waals surface area (Å²) in [5, 5.41) is 0. The average Bonchev–Trinajstić information content (AvgIpc) is 2.48. The maximum Gasteiger partial charge on any atom is 0.201 e. The van der Waals surface area contributed by atoms with Crippen molar-refractivity contribution in [3.63, 3.8) is 0 Å². The Morgan fingerprint density at radius 3 is 2.50 bits per heavy atom. The van der Waals surface area contributed by atoms with Gasteiger partial charge in [-0.2, -0.15) is 4.39 Å². The van der Waals surface area contributed by atoms with Gasteiger partial charge in [0, 0.05) is 5.56 Å². The van der Waals surface area contributed by atoms with Gasteiger partial charge < -0.3 is 9.47 Å². The van der Waals surface area contributed by atoms with E-state index >= 15 is 0 Å². The molecule has 3 nitrogen and oxygen atoms in total. The summed E-state index contributed by atoms with van der Waals surface area (Å²) in [7, 11) is 1.29. The Balaban J connectivity index is 2.30. The normalized spacial score (nSPS) is 10.4. The Hall–Kier alpha value is -2.17. The van der Waals surface area contributed by atoms with Gasteiger partial charge in [0.15, 0.2) is 11.6 Å². The Bertz CT molecular complexity index is 585. The molecule has 0 aliphatic carbocycles. The molecular weight excluding hydrogens is 264 g/mol. The van der Waals surface area contributed by atoms with Crippen molar-refractivity contribution in [1.82, 2.24) is 4.98 Å². The second-order valence-corrected chi connectivity index (χ2v) is 4.17. The van der Waals surface area contributed by atoms with Crippen molar-refractivity contribution < 1.29 is 18.3 Å². The average molecular weight is 279 g/mol. The van der Waals surface area contributed by atoms with Crippen molar-refractivity contribution in [1.29, 1.82) is 0 Å². The monoisotopic (exact) mass is 279 g/mol. The van der Waals surface area contributed by atoms with Crippen LogP contribution in [0.4, 0.5) is 8.78 Å². The fraction of sp³-hybridized carbons (Fsp3) is 0.267. The van der Waals surface area contributed by atoms with Crippen LogP contribution in [0.2, 0.25) is 0 Å². The van der Waals surface area contributed by atoms with Gasteiger partial charge in [-0.05, 0) is 30.7 Å². The molecule has 1 heterocycles. The van der Waals surface area contributed by atoms with Crippen LogP contribution in [0.3, 0.4) is 0 Å². The number of aromatic nitrogens is 1. The summed E-state index contributed by atoms with van der Waals surface area (Å²) in [4.78, 5) is 4.09. The Labute approximate surface area is 116 Å². The maximum atomic E-state index is 13.9. The molecular formula is C15H15F2NO2. The third-order valence-electron chi connectivity index (χ3n) is 2.75. The number of benzene rings is 1. The number of hydrogen-bond acceptors (Lipinski definition) is 3. The lowest BCUT2D eigenvalue weighted by atomic mass is 10.1. The number of hydrogen-bond donors (Lipinski definition) is 0. The van der Waals surface area contributed by atoms with Crippen LogP contribution in [-0.4, -0.2) is 18.7 Å². The lowest BCUT2D eigenvalue weighted by Crippen LogP contribution is -1.98. The van der Waals surface area contributed by atoms with Crippen LogP contribution in [0.15, 0.2) is 30.5 Å². The van der Waals surface area contributed by atoms with Crippen LogP contribution < -0.4 is 9.47 Å². The molecule has 0 aliphatic rings. The van der Waals surface area contributed by atoms with Gasteiger partial charge in [-0.1, -0.05) is 6.92 Å². The quantitative estimate of drug-likeness (QED) is 0.833. The lowest BCUT2D eigenvalue weighted by Gasteiger charge is -2.08. The Kier molecular flexibility index (Phi) is 4.50. The molecule has 0 spiro atoms. The molecule has 0 saturated carbocycles. The minimum absolute atomic E-state index is 0.0883. The molecule has 20 heavy (non-hydrogen) atoms. The van der Waals surface area contributed by atoms with E-state index in [0.29, 0.717) is 18.1 Å². The molecule has 2 aromatic rings. The number of rotatable bonds is 5. The lowest BCUT2D eigenvalue weighted by molar-refractivity contribution is 0.316.